The van der Waals surface area contributed by atoms with Gasteiger partial charge in [-0.15, -0.1) is 0 Å². The van der Waals surface area contributed by atoms with Crippen molar-refractivity contribution in [2.75, 3.05) is 20.8 Å². The number of hydrogen-bond donors (Lipinski definition) is 2. The molecule has 0 bridgehead atoms. The van der Waals surface area contributed by atoms with Crippen LogP contribution in [0.25, 0.3) is 0 Å². The van der Waals surface area contributed by atoms with E-state index in [4.69, 9.17) is 19.3 Å². The Morgan fingerprint density at radius 2 is 2.00 bits per heavy atom. The summed E-state index contributed by atoms with van der Waals surface area (Å²) in [5, 5.41) is 18.2. The molecule has 0 radical (unpaired) electrons. The monoisotopic (exact) mass is 178 g/mol. The molecular formula is C7H14O5. The first-order chi connectivity index (χ1) is 5.74. The second-order valence-corrected chi connectivity index (χ2v) is 2.65. The third-order valence-corrected chi connectivity index (χ3v) is 1.98. The summed E-state index contributed by atoms with van der Waals surface area (Å²) in [6.07, 6.45) is -2.56. The van der Waals surface area contributed by atoms with Crippen LogP contribution in [0, 0.1) is 0 Å². The van der Waals surface area contributed by atoms with E-state index in [2.05, 4.69) is 0 Å². The molecule has 0 amide bonds. The highest BCUT2D eigenvalue weighted by Crippen LogP contribution is 2.23. The first-order valence-corrected chi connectivity index (χ1v) is 3.74. The van der Waals surface area contributed by atoms with Gasteiger partial charge in [0.15, 0.2) is 6.29 Å². The zero-order valence-corrected chi connectivity index (χ0v) is 7.14. The molecule has 0 saturated carbocycles. The van der Waals surface area contributed by atoms with Crippen molar-refractivity contribution >= 4 is 0 Å². The summed E-state index contributed by atoms with van der Waals surface area (Å²) in [6.45, 7) is -0.235. The normalized spacial score (nSPS) is 42.0. The van der Waals surface area contributed by atoms with E-state index in [9.17, 15) is 5.11 Å². The van der Waals surface area contributed by atoms with Gasteiger partial charge >= 0.3 is 0 Å². The van der Waals surface area contributed by atoms with Crippen molar-refractivity contribution < 1.29 is 24.4 Å². The molecule has 2 N–H and O–H groups in total. The Kier molecular flexibility index (Phi) is 3.42. The molecule has 1 rings (SSSR count). The Labute approximate surface area is 70.9 Å². The zero-order valence-electron chi connectivity index (χ0n) is 7.14. The average molecular weight is 178 g/mol. The van der Waals surface area contributed by atoms with Gasteiger partial charge in [0, 0.05) is 14.2 Å². The van der Waals surface area contributed by atoms with E-state index in [1.807, 2.05) is 0 Å². The van der Waals surface area contributed by atoms with Crippen LogP contribution >= 0.6 is 0 Å². The zero-order chi connectivity index (χ0) is 9.14. The Morgan fingerprint density at radius 1 is 1.33 bits per heavy atom. The minimum absolute atomic E-state index is 0.235. The third kappa shape index (κ3) is 1.60. The van der Waals surface area contributed by atoms with Crippen molar-refractivity contribution in [1.29, 1.82) is 0 Å². The van der Waals surface area contributed by atoms with Gasteiger partial charge in [-0.25, -0.2) is 0 Å². The van der Waals surface area contributed by atoms with Gasteiger partial charge in [0.05, 0.1) is 6.61 Å². The molecule has 1 aliphatic rings. The summed E-state index contributed by atoms with van der Waals surface area (Å²) in [6, 6.07) is 0. The molecule has 0 unspecified atom stereocenters. The highest BCUT2D eigenvalue weighted by Gasteiger charge is 2.43. The van der Waals surface area contributed by atoms with E-state index in [-0.39, 0.29) is 6.61 Å². The highest BCUT2D eigenvalue weighted by atomic mass is 16.7. The first-order valence-electron chi connectivity index (χ1n) is 3.74. The second kappa shape index (κ2) is 4.15. The largest absolute Gasteiger partial charge is 0.394 e. The minimum Gasteiger partial charge on any atom is -0.394 e. The fourth-order valence-electron chi connectivity index (χ4n) is 1.29. The van der Waals surface area contributed by atoms with Gasteiger partial charge in [-0.3, -0.25) is 0 Å². The molecule has 1 heterocycles. The van der Waals surface area contributed by atoms with Crippen LogP contribution in [0.15, 0.2) is 0 Å². The molecule has 0 aromatic carbocycles. The van der Waals surface area contributed by atoms with Gasteiger partial charge < -0.3 is 24.4 Å². The third-order valence-electron chi connectivity index (χ3n) is 1.98. The van der Waals surface area contributed by atoms with E-state index in [0.717, 1.165) is 0 Å². The fourth-order valence-corrected chi connectivity index (χ4v) is 1.29. The van der Waals surface area contributed by atoms with E-state index in [0.29, 0.717) is 0 Å². The van der Waals surface area contributed by atoms with Crippen molar-refractivity contribution in [3.63, 3.8) is 0 Å². The molecular weight excluding hydrogens is 164 g/mol. The lowest BCUT2D eigenvalue weighted by molar-refractivity contribution is -0.159. The van der Waals surface area contributed by atoms with Crippen LogP contribution in [0.2, 0.25) is 0 Å². The molecule has 1 saturated heterocycles. The molecule has 0 aliphatic carbocycles. The van der Waals surface area contributed by atoms with Crippen LogP contribution in [-0.2, 0) is 14.2 Å². The van der Waals surface area contributed by atoms with Crippen LogP contribution in [0.5, 0.6) is 0 Å². The number of rotatable bonds is 3. The number of ether oxygens (including phenoxy) is 3. The van der Waals surface area contributed by atoms with Gasteiger partial charge in [-0.05, 0) is 0 Å². The quantitative estimate of drug-likeness (QED) is 0.563. The summed E-state index contributed by atoms with van der Waals surface area (Å²) in [7, 11) is 2.92. The smallest absolute Gasteiger partial charge is 0.186 e. The van der Waals surface area contributed by atoms with Crippen LogP contribution in [0.1, 0.15) is 0 Å². The maximum Gasteiger partial charge on any atom is 0.186 e. The van der Waals surface area contributed by atoms with Crippen molar-refractivity contribution in [3.8, 4) is 0 Å². The van der Waals surface area contributed by atoms with Gasteiger partial charge in [0.1, 0.15) is 18.3 Å². The Morgan fingerprint density at radius 3 is 2.33 bits per heavy atom. The summed E-state index contributed by atoms with van der Waals surface area (Å²) in [5.74, 6) is 0. The predicted octanol–water partition coefficient (Wildman–Crippen LogP) is -1.27. The molecule has 1 fully saturated rings. The lowest BCUT2D eigenvalue weighted by Crippen LogP contribution is -2.35. The minimum atomic E-state index is -0.829. The molecule has 0 aromatic rings. The topological polar surface area (TPSA) is 68.2 Å². The molecule has 72 valence electrons. The number of aliphatic hydroxyl groups is 2. The number of hydrogen-bond acceptors (Lipinski definition) is 5. The van der Waals surface area contributed by atoms with E-state index in [1.165, 1.54) is 14.2 Å². The SMILES string of the molecule is CO[C@H]1O[C@@H](CO)[C@H](O)[C@@H]1OC. The van der Waals surface area contributed by atoms with Gasteiger partial charge in [-0.2, -0.15) is 0 Å². The van der Waals surface area contributed by atoms with Gasteiger partial charge in [0.2, 0.25) is 0 Å². The predicted molar refractivity (Wildman–Crippen MR) is 39.6 cm³/mol. The van der Waals surface area contributed by atoms with Crippen LogP contribution in [-0.4, -0.2) is 55.6 Å². The highest BCUT2D eigenvalue weighted by molar-refractivity contribution is 4.87. The van der Waals surface area contributed by atoms with Crippen molar-refractivity contribution in [1.82, 2.24) is 0 Å². The maximum atomic E-state index is 9.46. The molecule has 5 heteroatoms. The molecule has 0 aromatic heterocycles. The molecule has 0 spiro atoms. The molecule has 5 nitrogen and oxygen atoms in total. The second-order valence-electron chi connectivity index (χ2n) is 2.65. The maximum absolute atomic E-state index is 9.46. The molecule has 4 atom stereocenters. The lowest BCUT2D eigenvalue weighted by Gasteiger charge is -2.16. The summed E-state index contributed by atoms with van der Waals surface area (Å²) in [4.78, 5) is 0. The van der Waals surface area contributed by atoms with Crippen molar-refractivity contribution in [2.45, 2.75) is 24.6 Å². The van der Waals surface area contributed by atoms with Gasteiger partial charge in [0.25, 0.3) is 0 Å². The summed E-state index contributed by atoms with van der Waals surface area (Å²) in [5.41, 5.74) is 0. The average Bonchev–Trinajstić information content (AvgIpc) is 2.41. The standard InChI is InChI=1S/C7H14O5/c1-10-6-5(9)4(3-8)12-7(6)11-2/h4-9H,3H2,1-2H3/t4-,5-,6-,7-/m0/s1. The Balaban J connectivity index is 2.58. The van der Waals surface area contributed by atoms with Gasteiger partial charge in [-0.1, -0.05) is 0 Å². The number of aliphatic hydroxyl groups excluding tert-OH is 2. The Hall–Kier alpha value is -0.200. The summed E-state index contributed by atoms with van der Waals surface area (Å²) >= 11 is 0. The van der Waals surface area contributed by atoms with Crippen molar-refractivity contribution in [3.05, 3.63) is 0 Å². The molecule has 12 heavy (non-hydrogen) atoms. The van der Waals surface area contributed by atoms with E-state index < -0.39 is 24.6 Å². The van der Waals surface area contributed by atoms with Crippen LogP contribution in [0.4, 0.5) is 0 Å². The number of methoxy groups -OCH3 is 2. The van der Waals surface area contributed by atoms with Crippen molar-refractivity contribution in [2.24, 2.45) is 0 Å². The summed E-state index contributed by atoms with van der Waals surface area (Å²) < 4.78 is 15.0. The van der Waals surface area contributed by atoms with E-state index in [1.54, 1.807) is 0 Å². The fraction of sp³-hybridized carbons (Fsp3) is 1.00. The Bertz CT molecular complexity index is 138. The van der Waals surface area contributed by atoms with E-state index >= 15 is 0 Å². The van der Waals surface area contributed by atoms with Crippen LogP contribution in [0.3, 0.4) is 0 Å². The van der Waals surface area contributed by atoms with Crippen LogP contribution < -0.4 is 0 Å². The molecule has 1 aliphatic heterocycles. The lowest BCUT2D eigenvalue weighted by atomic mass is 10.1. The first kappa shape index (κ1) is 9.88.